The van der Waals surface area contributed by atoms with Crippen LogP contribution in [0.15, 0.2) is 4.52 Å². The molecule has 20 heavy (non-hydrogen) atoms. The van der Waals surface area contributed by atoms with E-state index in [1.165, 1.54) is 31.2 Å². The Morgan fingerprint density at radius 2 is 1.85 bits per heavy atom. The lowest BCUT2D eigenvalue weighted by Crippen LogP contribution is -2.45. The van der Waals surface area contributed by atoms with E-state index in [1.54, 1.807) is 0 Å². The standard InChI is InChI=1S/C17H30N2O/c1-11(16-12(2)19-20-13(16)3)18-15-10-8-7-9-14(15)17(4,5)6/h11,14-15,18H,7-10H2,1-6H3. The van der Waals surface area contributed by atoms with Crippen molar-refractivity contribution in [2.24, 2.45) is 11.3 Å². The minimum Gasteiger partial charge on any atom is -0.361 e. The zero-order chi connectivity index (χ0) is 14.9. The molecule has 0 aliphatic heterocycles. The van der Waals surface area contributed by atoms with Gasteiger partial charge >= 0.3 is 0 Å². The maximum Gasteiger partial charge on any atom is 0.138 e. The van der Waals surface area contributed by atoms with Crippen molar-refractivity contribution in [1.29, 1.82) is 0 Å². The molecule has 1 saturated carbocycles. The molecule has 1 aromatic rings. The zero-order valence-corrected chi connectivity index (χ0v) is 13.9. The van der Waals surface area contributed by atoms with E-state index in [4.69, 9.17) is 4.52 Å². The Morgan fingerprint density at radius 1 is 1.20 bits per heavy atom. The highest BCUT2D eigenvalue weighted by Gasteiger charge is 2.35. The molecular formula is C17H30N2O. The van der Waals surface area contributed by atoms with E-state index in [-0.39, 0.29) is 0 Å². The van der Waals surface area contributed by atoms with Gasteiger partial charge in [0.05, 0.1) is 5.69 Å². The fourth-order valence-electron chi connectivity index (χ4n) is 3.88. The average Bonchev–Trinajstić information content (AvgIpc) is 2.68. The van der Waals surface area contributed by atoms with Gasteiger partial charge in [-0.2, -0.15) is 0 Å². The van der Waals surface area contributed by atoms with Gasteiger partial charge in [-0.05, 0) is 44.9 Å². The number of aromatic nitrogens is 1. The van der Waals surface area contributed by atoms with Crippen LogP contribution in [0, 0.1) is 25.2 Å². The molecule has 2 rings (SSSR count). The molecule has 3 heteroatoms. The first-order chi connectivity index (χ1) is 9.30. The lowest BCUT2D eigenvalue weighted by atomic mass is 9.69. The molecule has 1 heterocycles. The van der Waals surface area contributed by atoms with Gasteiger partial charge < -0.3 is 9.84 Å². The van der Waals surface area contributed by atoms with Gasteiger partial charge in [-0.1, -0.05) is 38.8 Å². The van der Waals surface area contributed by atoms with Crippen LogP contribution in [0.5, 0.6) is 0 Å². The molecule has 0 spiro atoms. The molecule has 1 N–H and O–H groups in total. The van der Waals surface area contributed by atoms with Crippen LogP contribution in [-0.2, 0) is 0 Å². The van der Waals surface area contributed by atoms with Gasteiger partial charge in [0, 0.05) is 17.6 Å². The highest BCUT2D eigenvalue weighted by molar-refractivity contribution is 5.24. The molecule has 114 valence electrons. The Labute approximate surface area is 123 Å². The molecule has 0 radical (unpaired) electrons. The van der Waals surface area contributed by atoms with Crippen molar-refractivity contribution in [3.05, 3.63) is 17.0 Å². The summed E-state index contributed by atoms with van der Waals surface area (Å²) in [6.45, 7) is 13.4. The van der Waals surface area contributed by atoms with Crippen LogP contribution in [0.1, 0.15) is 76.4 Å². The molecule has 0 amide bonds. The van der Waals surface area contributed by atoms with Crippen LogP contribution < -0.4 is 5.32 Å². The predicted molar refractivity (Wildman–Crippen MR) is 82.7 cm³/mol. The van der Waals surface area contributed by atoms with E-state index in [0.29, 0.717) is 17.5 Å². The van der Waals surface area contributed by atoms with Crippen LogP contribution in [0.3, 0.4) is 0 Å². The molecule has 1 aliphatic rings. The van der Waals surface area contributed by atoms with E-state index in [1.807, 2.05) is 13.8 Å². The molecular weight excluding hydrogens is 248 g/mol. The summed E-state index contributed by atoms with van der Waals surface area (Å²) >= 11 is 0. The van der Waals surface area contributed by atoms with E-state index >= 15 is 0 Å². The summed E-state index contributed by atoms with van der Waals surface area (Å²) in [5.74, 6) is 1.70. The van der Waals surface area contributed by atoms with Crippen LogP contribution in [0.25, 0.3) is 0 Å². The Morgan fingerprint density at radius 3 is 2.40 bits per heavy atom. The first kappa shape index (κ1) is 15.6. The van der Waals surface area contributed by atoms with Gasteiger partial charge in [-0.3, -0.25) is 0 Å². The Kier molecular flexibility index (Phi) is 4.58. The van der Waals surface area contributed by atoms with Gasteiger partial charge in [0.25, 0.3) is 0 Å². The average molecular weight is 278 g/mol. The second kappa shape index (κ2) is 5.88. The van der Waals surface area contributed by atoms with Gasteiger partial charge in [-0.15, -0.1) is 0 Å². The summed E-state index contributed by atoms with van der Waals surface area (Å²) in [6, 6.07) is 0.918. The highest BCUT2D eigenvalue weighted by Crippen LogP contribution is 2.39. The largest absolute Gasteiger partial charge is 0.361 e. The molecule has 3 unspecified atom stereocenters. The topological polar surface area (TPSA) is 38.1 Å². The fraction of sp³-hybridized carbons (Fsp3) is 0.824. The number of hydrogen-bond acceptors (Lipinski definition) is 3. The number of nitrogens with zero attached hydrogens (tertiary/aromatic N) is 1. The van der Waals surface area contributed by atoms with Crippen molar-refractivity contribution in [3.8, 4) is 0 Å². The molecule has 3 nitrogen and oxygen atoms in total. The zero-order valence-electron chi connectivity index (χ0n) is 13.9. The second-order valence-electron chi connectivity index (χ2n) is 7.49. The summed E-state index contributed by atoms with van der Waals surface area (Å²) in [6.07, 6.45) is 5.35. The van der Waals surface area contributed by atoms with Crippen molar-refractivity contribution in [2.75, 3.05) is 0 Å². The Bertz CT molecular complexity index is 425. The third-order valence-electron chi connectivity index (χ3n) is 4.86. The summed E-state index contributed by atoms with van der Waals surface area (Å²) in [5.41, 5.74) is 2.63. The van der Waals surface area contributed by atoms with Crippen LogP contribution in [-0.4, -0.2) is 11.2 Å². The summed E-state index contributed by atoms with van der Waals surface area (Å²) in [5, 5.41) is 7.94. The van der Waals surface area contributed by atoms with Crippen molar-refractivity contribution >= 4 is 0 Å². The van der Waals surface area contributed by atoms with Crippen molar-refractivity contribution in [3.63, 3.8) is 0 Å². The van der Waals surface area contributed by atoms with Crippen LogP contribution >= 0.6 is 0 Å². The third kappa shape index (κ3) is 3.25. The maximum absolute atomic E-state index is 5.31. The minimum atomic E-state index is 0.314. The number of aryl methyl sites for hydroxylation is 2. The Hall–Kier alpha value is -0.830. The minimum absolute atomic E-state index is 0.314. The highest BCUT2D eigenvalue weighted by atomic mass is 16.5. The SMILES string of the molecule is Cc1noc(C)c1C(C)NC1CCCCC1C(C)(C)C. The first-order valence-electron chi connectivity index (χ1n) is 7.99. The van der Waals surface area contributed by atoms with E-state index in [2.05, 4.69) is 38.2 Å². The molecule has 0 aromatic carbocycles. The molecule has 3 atom stereocenters. The van der Waals surface area contributed by atoms with Crippen molar-refractivity contribution in [1.82, 2.24) is 10.5 Å². The summed E-state index contributed by atoms with van der Waals surface area (Å²) in [4.78, 5) is 0. The van der Waals surface area contributed by atoms with Crippen LogP contribution in [0.4, 0.5) is 0 Å². The first-order valence-corrected chi connectivity index (χ1v) is 7.99. The monoisotopic (exact) mass is 278 g/mol. The van der Waals surface area contributed by atoms with Gasteiger partial charge in [0.2, 0.25) is 0 Å². The smallest absolute Gasteiger partial charge is 0.138 e. The molecule has 0 saturated heterocycles. The van der Waals surface area contributed by atoms with E-state index < -0.39 is 0 Å². The number of hydrogen-bond donors (Lipinski definition) is 1. The third-order valence-corrected chi connectivity index (χ3v) is 4.86. The van der Waals surface area contributed by atoms with Gasteiger partial charge in [0.1, 0.15) is 5.76 Å². The normalized spacial score (nSPS) is 25.7. The fourth-order valence-corrected chi connectivity index (χ4v) is 3.88. The summed E-state index contributed by atoms with van der Waals surface area (Å²) < 4.78 is 5.31. The number of nitrogens with one attached hydrogen (secondary N) is 1. The molecule has 1 aliphatic carbocycles. The molecule has 0 bridgehead atoms. The van der Waals surface area contributed by atoms with E-state index in [0.717, 1.165) is 17.4 Å². The van der Waals surface area contributed by atoms with E-state index in [9.17, 15) is 0 Å². The quantitative estimate of drug-likeness (QED) is 0.881. The lowest BCUT2D eigenvalue weighted by Gasteiger charge is -2.42. The lowest BCUT2D eigenvalue weighted by molar-refractivity contribution is 0.124. The molecule has 1 fully saturated rings. The Balaban J connectivity index is 2.11. The van der Waals surface area contributed by atoms with Crippen molar-refractivity contribution < 1.29 is 4.52 Å². The molecule has 1 aromatic heterocycles. The van der Waals surface area contributed by atoms with Crippen LogP contribution in [0.2, 0.25) is 0 Å². The second-order valence-corrected chi connectivity index (χ2v) is 7.49. The van der Waals surface area contributed by atoms with Gasteiger partial charge in [-0.25, -0.2) is 0 Å². The van der Waals surface area contributed by atoms with Gasteiger partial charge in [0.15, 0.2) is 0 Å². The number of rotatable bonds is 3. The maximum atomic E-state index is 5.31. The summed E-state index contributed by atoms with van der Waals surface area (Å²) in [7, 11) is 0. The predicted octanol–water partition coefficient (Wildman–Crippen LogP) is 4.55. The van der Waals surface area contributed by atoms with Crippen molar-refractivity contribution in [2.45, 2.75) is 79.3 Å².